The molecule has 1 aliphatic carbocycles. The van der Waals surface area contributed by atoms with Gasteiger partial charge in [-0.15, -0.1) is 0 Å². The number of nitro benzene ring substituents is 1. The van der Waals surface area contributed by atoms with Crippen LogP contribution in [0.15, 0.2) is 18.2 Å². The van der Waals surface area contributed by atoms with Gasteiger partial charge in [-0.2, -0.15) is 0 Å². The minimum atomic E-state index is -0.381. The maximum Gasteiger partial charge on any atom is 0.293 e. The van der Waals surface area contributed by atoms with Crippen molar-refractivity contribution in [3.05, 3.63) is 33.9 Å². The summed E-state index contributed by atoms with van der Waals surface area (Å²) in [5.74, 6) is 1.02. The van der Waals surface area contributed by atoms with E-state index in [9.17, 15) is 14.9 Å². The van der Waals surface area contributed by atoms with E-state index in [4.69, 9.17) is 5.73 Å². The highest BCUT2D eigenvalue weighted by atomic mass is 16.6. The van der Waals surface area contributed by atoms with Gasteiger partial charge in [-0.1, -0.05) is 20.3 Å². The third-order valence-electron chi connectivity index (χ3n) is 5.92. The third-order valence-corrected chi connectivity index (χ3v) is 5.92. The lowest BCUT2D eigenvalue weighted by molar-refractivity contribution is -0.384. The fraction of sp³-hybridized carbons (Fsp3) is 0.650. The summed E-state index contributed by atoms with van der Waals surface area (Å²) in [7, 11) is 0. The average Bonchev–Trinajstić information content (AvgIpc) is 3.07. The smallest absolute Gasteiger partial charge is 0.293 e. The molecule has 3 N–H and O–H groups in total. The first-order valence-electron chi connectivity index (χ1n) is 9.93. The minimum absolute atomic E-state index is 0.00532. The molecular weight excluding hydrogens is 344 g/mol. The topological polar surface area (TPSA) is 102 Å². The molecule has 7 heteroatoms. The van der Waals surface area contributed by atoms with Crippen molar-refractivity contribution < 1.29 is 9.72 Å². The van der Waals surface area contributed by atoms with Crippen molar-refractivity contribution in [2.24, 2.45) is 23.5 Å². The van der Waals surface area contributed by atoms with Gasteiger partial charge in [0.15, 0.2) is 0 Å². The van der Waals surface area contributed by atoms with Gasteiger partial charge in [0, 0.05) is 30.8 Å². The monoisotopic (exact) mass is 374 g/mol. The maximum atomic E-state index is 12.6. The first-order valence-corrected chi connectivity index (χ1v) is 9.93. The maximum absolute atomic E-state index is 12.6. The number of carbonyl (C=O) groups excluding carboxylic acids is 1. The summed E-state index contributed by atoms with van der Waals surface area (Å²) in [5.41, 5.74) is 6.73. The number of anilines is 1. The SMILES string of the molecule is CC1CC(C)CN(c2ccc(C(=O)NC3CCCC3CN)cc2[N+](=O)[O-])C1. The fourth-order valence-electron chi connectivity index (χ4n) is 4.70. The summed E-state index contributed by atoms with van der Waals surface area (Å²) in [5, 5.41) is 14.7. The Morgan fingerprint density at radius 2 is 2.00 bits per heavy atom. The Morgan fingerprint density at radius 3 is 2.63 bits per heavy atom. The van der Waals surface area contributed by atoms with E-state index in [-0.39, 0.29) is 22.6 Å². The largest absolute Gasteiger partial charge is 0.365 e. The van der Waals surface area contributed by atoms with Crippen molar-refractivity contribution >= 4 is 17.3 Å². The molecule has 4 atom stereocenters. The minimum Gasteiger partial charge on any atom is -0.365 e. The Bertz CT molecular complexity index is 698. The lowest BCUT2D eigenvalue weighted by atomic mass is 9.91. The number of nitro groups is 1. The molecule has 1 amide bonds. The number of nitrogens with one attached hydrogen (secondary N) is 1. The van der Waals surface area contributed by atoms with E-state index in [0.717, 1.165) is 38.8 Å². The molecule has 1 aromatic carbocycles. The van der Waals surface area contributed by atoms with Crippen LogP contribution in [0.2, 0.25) is 0 Å². The second-order valence-electron chi connectivity index (χ2n) is 8.32. The molecule has 0 spiro atoms. The van der Waals surface area contributed by atoms with Crippen molar-refractivity contribution in [3.8, 4) is 0 Å². The molecule has 3 rings (SSSR count). The van der Waals surface area contributed by atoms with Gasteiger partial charge in [-0.05, 0) is 55.7 Å². The van der Waals surface area contributed by atoms with Crippen LogP contribution in [0.1, 0.15) is 49.9 Å². The molecule has 0 radical (unpaired) electrons. The second-order valence-corrected chi connectivity index (χ2v) is 8.32. The quantitative estimate of drug-likeness (QED) is 0.609. The molecule has 1 aliphatic heterocycles. The molecule has 0 aromatic heterocycles. The molecule has 4 unspecified atom stereocenters. The number of rotatable bonds is 5. The molecule has 1 saturated carbocycles. The van der Waals surface area contributed by atoms with E-state index in [0.29, 0.717) is 35.5 Å². The Kier molecular flexibility index (Phi) is 5.99. The highest BCUT2D eigenvalue weighted by Crippen LogP contribution is 2.34. The lowest BCUT2D eigenvalue weighted by Crippen LogP contribution is -2.40. The molecule has 148 valence electrons. The van der Waals surface area contributed by atoms with Crippen molar-refractivity contribution in [1.29, 1.82) is 0 Å². The van der Waals surface area contributed by atoms with Crippen LogP contribution in [-0.2, 0) is 0 Å². The summed E-state index contributed by atoms with van der Waals surface area (Å²) in [6.45, 7) is 6.50. The first kappa shape index (κ1) is 19.6. The molecule has 27 heavy (non-hydrogen) atoms. The standard InChI is InChI=1S/C20H30N4O3/c1-13-8-14(2)12-23(11-13)18-7-6-15(9-19(18)24(26)27)20(25)22-17-5-3-4-16(17)10-21/h6-7,9,13-14,16-17H,3-5,8,10-12,21H2,1-2H3,(H,22,25). The molecule has 7 nitrogen and oxygen atoms in total. The predicted octanol–water partition coefficient (Wildman–Crippen LogP) is 2.93. The van der Waals surface area contributed by atoms with Crippen molar-refractivity contribution in [2.45, 2.75) is 45.6 Å². The van der Waals surface area contributed by atoms with Crippen LogP contribution in [0, 0.1) is 27.9 Å². The van der Waals surface area contributed by atoms with Gasteiger partial charge >= 0.3 is 0 Å². The zero-order chi connectivity index (χ0) is 19.6. The molecule has 0 bridgehead atoms. The van der Waals surface area contributed by atoms with Crippen LogP contribution in [-0.4, -0.2) is 36.5 Å². The Balaban J connectivity index is 1.81. The molecule has 1 saturated heterocycles. The van der Waals surface area contributed by atoms with E-state index >= 15 is 0 Å². The van der Waals surface area contributed by atoms with Crippen LogP contribution >= 0.6 is 0 Å². The van der Waals surface area contributed by atoms with Crippen LogP contribution < -0.4 is 16.0 Å². The molecule has 2 fully saturated rings. The number of carbonyl (C=O) groups is 1. The van der Waals surface area contributed by atoms with Gasteiger partial charge in [0.1, 0.15) is 5.69 Å². The number of piperidine rings is 1. The Labute approximate surface area is 160 Å². The molecular formula is C20H30N4O3. The number of nitrogens with zero attached hydrogens (tertiary/aromatic N) is 2. The summed E-state index contributed by atoms with van der Waals surface area (Å²) < 4.78 is 0. The van der Waals surface area contributed by atoms with Crippen molar-refractivity contribution in [2.75, 3.05) is 24.5 Å². The average molecular weight is 374 g/mol. The number of amides is 1. The van der Waals surface area contributed by atoms with Gasteiger partial charge in [0.2, 0.25) is 0 Å². The third kappa shape index (κ3) is 4.40. The van der Waals surface area contributed by atoms with Gasteiger partial charge in [0.25, 0.3) is 11.6 Å². The second kappa shape index (κ2) is 8.25. The first-order chi connectivity index (χ1) is 12.9. The molecule has 1 aromatic rings. The summed E-state index contributed by atoms with van der Waals surface area (Å²) in [6.07, 6.45) is 4.12. The van der Waals surface area contributed by atoms with Crippen LogP contribution in [0.25, 0.3) is 0 Å². The summed E-state index contributed by atoms with van der Waals surface area (Å²) in [6, 6.07) is 4.91. The zero-order valence-corrected chi connectivity index (χ0v) is 16.2. The molecule has 1 heterocycles. The predicted molar refractivity (Wildman–Crippen MR) is 106 cm³/mol. The van der Waals surface area contributed by atoms with Crippen molar-refractivity contribution in [3.63, 3.8) is 0 Å². The van der Waals surface area contributed by atoms with Crippen LogP contribution in [0.3, 0.4) is 0 Å². The van der Waals surface area contributed by atoms with Gasteiger partial charge in [-0.25, -0.2) is 0 Å². The fourth-order valence-corrected chi connectivity index (χ4v) is 4.70. The van der Waals surface area contributed by atoms with E-state index in [1.54, 1.807) is 12.1 Å². The van der Waals surface area contributed by atoms with E-state index < -0.39 is 0 Å². The zero-order valence-electron chi connectivity index (χ0n) is 16.2. The highest BCUT2D eigenvalue weighted by molar-refractivity contribution is 5.96. The van der Waals surface area contributed by atoms with E-state index in [2.05, 4.69) is 24.1 Å². The molecule has 2 aliphatic rings. The number of hydrogen-bond acceptors (Lipinski definition) is 5. The van der Waals surface area contributed by atoms with Gasteiger partial charge in [-0.3, -0.25) is 14.9 Å². The van der Waals surface area contributed by atoms with Gasteiger partial charge in [0.05, 0.1) is 4.92 Å². The number of nitrogens with two attached hydrogens (primary N) is 1. The number of benzene rings is 1. The number of hydrogen-bond donors (Lipinski definition) is 2. The van der Waals surface area contributed by atoms with Crippen molar-refractivity contribution in [1.82, 2.24) is 5.32 Å². The van der Waals surface area contributed by atoms with E-state index in [1.165, 1.54) is 6.07 Å². The van der Waals surface area contributed by atoms with Gasteiger partial charge < -0.3 is 16.0 Å². The highest BCUT2D eigenvalue weighted by Gasteiger charge is 2.30. The van der Waals surface area contributed by atoms with Crippen LogP contribution in [0.4, 0.5) is 11.4 Å². The van der Waals surface area contributed by atoms with E-state index in [1.807, 2.05) is 0 Å². The van der Waals surface area contributed by atoms with Crippen LogP contribution in [0.5, 0.6) is 0 Å². The summed E-state index contributed by atoms with van der Waals surface area (Å²) >= 11 is 0. The Hall–Kier alpha value is -2.15. The Morgan fingerprint density at radius 1 is 1.30 bits per heavy atom. The lowest BCUT2D eigenvalue weighted by Gasteiger charge is -2.36. The normalized spacial score (nSPS) is 28.2. The summed E-state index contributed by atoms with van der Waals surface area (Å²) in [4.78, 5) is 26.0.